The molecule has 0 spiro atoms. The largest absolute Gasteiger partial charge is 0.454 e. The van der Waals surface area contributed by atoms with E-state index in [1.165, 1.54) is 40.2 Å². The Hall–Kier alpha value is -3.23. The van der Waals surface area contributed by atoms with E-state index in [0.29, 0.717) is 22.1 Å². The lowest BCUT2D eigenvalue weighted by molar-refractivity contribution is 0.0994. The molecule has 0 aliphatic carbocycles. The van der Waals surface area contributed by atoms with E-state index in [1.807, 2.05) is 0 Å². The first kappa shape index (κ1) is 19.1. The Morgan fingerprint density at radius 3 is 2.90 bits per heavy atom. The molecule has 6 nitrogen and oxygen atoms in total. The second kappa shape index (κ2) is 8.02. The minimum Gasteiger partial charge on any atom is -0.454 e. The highest BCUT2D eigenvalue weighted by Crippen LogP contribution is 2.28. The van der Waals surface area contributed by atoms with Crippen LogP contribution in [0.2, 0.25) is 5.02 Å². The van der Waals surface area contributed by atoms with Crippen molar-refractivity contribution in [2.24, 2.45) is 0 Å². The van der Waals surface area contributed by atoms with Crippen LogP contribution in [0.3, 0.4) is 0 Å². The number of benzene rings is 1. The third-order valence-corrected chi connectivity index (χ3v) is 5.10. The van der Waals surface area contributed by atoms with Gasteiger partial charge >= 0.3 is 0 Å². The molecule has 1 aromatic carbocycles. The molecule has 9 heteroatoms. The summed E-state index contributed by atoms with van der Waals surface area (Å²) in [5, 5.41) is 4.76. The van der Waals surface area contributed by atoms with Crippen LogP contribution in [-0.2, 0) is 6.54 Å². The lowest BCUT2D eigenvalue weighted by atomic mass is 10.2. The van der Waals surface area contributed by atoms with E-state index >= 15 is 0 Å². The number of carbonyl (C=O) groups excluding carboxylic acids is 1. The Labute approximate surface area is 173 Å². The van der Waals surface area contributed by atoms with Crippen molar-refractivity contribution >= 4 is 34.0 Å². The number of aromatic nitrogens is 2. The fourth-order valence-corrected chi connectivity index (χ4v) is 3.52. The van der Waals surface area contributed by atoms with E-state index in [4.69, 9.17) is 16.0 Å². The van der Waals surface area contributed by atoms with Crippen LogP contribution in [0, 0.1) is 5.82 Å². The number of halogens is 2. The minimum atomic E-state index is -0.509. The maximum absolute atomic E-state index is 13.3. The fraction of sp³-hybridized carbons (Fsp3) is 0.0500. The normalized spacial score (nSPS) is 10.8. The molecule has 146 valence electrons. The molecule has 0 fully saturated rings. The van der Waals surface area contributed by atoms with Crippen LogP contribution in [0.25, 0.3) is 11.3 Å². The molecule has 1 amide bonds. The Morgan fingerprint density at radius 2 is 2.10 bits per heavy atom. The summed E-state index contributed by atoms with van der Waals surface area (Å²) in [5.41, 5.74) is 1.05. The predicted molar refractivity (Wildman–Crippen MR) is 109 cm³/mol. The highest BCUT2D eigenvalue weighted by atomic mass is 35.5. The van der Waals surface area contributed by atoms with E-state index < -0.39 is 11.7 Å². The zero-order valence-corrected chi connectivity index (χ0v) is 16.3. The van der Waals surface area contributed by atoms with Crippen molar-refractivity contribution in [3.63, 3.8) is 0 Å². The zero-order valence-electron chi connectivity index (χ0n) is 14.8. The van der Waals surface area contributed by atoms with Crippen molar-refractivity contribution in [3.05, 3.63) is 92.8 Å². The molecule has 0 unspecified atom stereocenters. The van der Waals surface area contributed by atoms with E-state index in [-0.39, 0.29) is 22.9 Å². The number of pyridine rings is 1. The van der Waals surface area contributed by atoms with Crippen LogP contribution in [-0.4, -0.2) is 15.5 Å². The molecule has 0 saturated carbocycles. The monoisotopic (exact) mass is 429 g/mol. The topological polar surface area (TPSA) is 77.1 Å². The number of hydrogen-bond donors (Lipinski definition) is 1. The zero-order chi connectivity index (χ0) is 20.4. The molecule has 1 N–H and O–H groups in total. The van der Waals surface area contributed by atoms with Gasteiger partial charge < -0.3 is 8.98 Å². The number of thiazole rings is 1. The molecular weight excluding hydrogens is 417 g/mol. The van der Waals surface area contributed by atoms with Gasteiger partial charge in [0.25, 0.3) is 11.5 Å². The number of amides is 1. The van der Waals surface area contributed by atoms with Gasteiger partial charge in [-0.25, -0.2) is 9.37 Å². The Bertz CT molecular complexity index is 1250. The molecule has 3 heterocycles. The van der Waals surface area contributed by atoms with Gasteiger partial charge in [-0.15, -0.1) is 11.3 Å². The molecule has 0 aliphatic rings. The van der Waals surface area contributed by atoms with Gasteiger partial charge in [-0.1, -0.05) is 17.7 Å². The number of rotatable bonds is 5. The molecule has 0 saturated heterocycles. The van der Waals surface area contributed by atoms with Gasteiger partial charge in [0.2, 0.25) is 0 Å². The molecule has 0 atom stereocenters. The standard InChI is InChI=1S/C20H13ClFN3O3S/c21-14-9-12(4-6-15(14)22)16-11-29-20(23-16)24-19(27)17-7-5-13(28-17)10-25-8-2-1-3-18(25)26/h1-9,11H,10H2,(H,23,24,27). The number of furan rings is 1. The van der Waals surface area contributed by atoms with Crippen LogP contribution >= 0.6 is 22.9 Å². The van der Waals surface area contributed by atoms with Crippen molar-refractivity contribution in [2.75, 3.05) is 5.32 Å². The first-order valence-electron chi connectivity index (χ1n) is 8.46. The van der Waals surface area contributed by atoms with Crippen LogP contribution in [0.15, 0.2) is 69.3 Å². The van der Waals surface area contributed by atoms with Gasteiger partial charge in [-0.2, -0.15) is 0 Å². The molecule has 0 aliphatic heterocycles. The smallest absolute Gasteiger partial charge is 0.293 e. The summed E-state index contributed by atoms with van der Waals surface area (Å²) in [4.78, 5) is 28.5. The second-order valence-electron chi connectivity index (χ2n) is 6.05. The molecule has 0 radical (unpaired) electrons. The summed E-state index contributed by atoms with van der Waals surface area (Å²) in [6.07, 6.45) is 1.64. The summed E-state index contributed by atoms with van der Waals surface area (Å²) in [6, 6.07) is 12.3. The molecule has 0 bridgehead atoms. The van der Waals surface area contributed by atoms with Gasteiger partial charge in [0, 0.05) is 23.2 Å². The number of nitrogens with zero attached hydrogens (tertiary/aromatic N) is 2. The molecule has 29 heavy (non-hydrogen) atoms. The first-order valence-corrected chi connectivity index (χ1v) is 9.72. The van der Waals surface area contributed by atoms with Crippen molar-refractivity contribution in [1.29, 1.82) is 0 Å². The average molecular weight is 430 g/mol. The minimum absolute atomic E-state index is 0.00160. The summed E-state index contributed by atoms with van der Waals surface area (Å²) >= 11 is 7.02. The third-order valence-electron chi connectivity index (χ3n) is 4.05. The van der Waals surface area contributed by atoms with Crippen molar-refractivity contribution in [2.45, 2.75) is 6.54 Å². The Morgan fingerprint density at radius 1 is 1.24 bits per heavy atom. The highest BCUT2D eigenvalue weighted by molar-refractivity contribution is 7.14. The van der Waals surface area contributed by atoms with Gasteiger partial charge in [-0.3, -0.25) is 14.9 Å². The van der Waals surface area contributed by atoms with E-state index in [1.54, 1.807) is 35.8 Å². The lowest BCUT2D eigenvalue weighted by Gasteiger charge is -2.02. The van der Waals surface area contributed by atoms with Gasteiger partial charge in [0.05, 0.1) is 17.3 Å². The second-order valence-corrected chi connectivity index (χ2v) is 7.32. The number of carbonyl (C=O) groups is 1. The van der Waals surface area contributed by atoms with Crippen LogP contribution in [0.1, 0.15) is 16.3 Å². The quantitative estimate of drug-likeness (QED) is 0.500. The average Bonchev–Trinajstić information content (AvgIpc) is 3.36. The number of nitrogens with one attached hydrogen (secondary N) is 1. The van der Waals surface area contributed by atoms with E-state index in [2.05, 4.69) is 10.3 Å². The summed E-state index contributed by atoms with van der Waals surface area (Å²) in [7, 11) is 0. The summed E-state index contributed by atoms with van der Waals surface area (Å²) < 4.78 is 20.3. The van der Waals surface area contributed by atoms with Crippen molar-refractivity contribution < 1.29 is 13.6 Å². The van der Waals surface area contributed by atoms with E-state index in [0.717, 1.165) is 0 Å². The summed E-state index contributed by atoms with van der Waals surface area (Å²) in [5.74, 6) is -0.393. The number of anilines is 1. The van der Waals surface area contributed by atoms with Crippen molar-refractivity contribution in [1.82, 2.24) is 9.55 Å². The summed E-state index contributed by atoms with van der Waals surface area (Å²) in [6.45, 7) is 0.222. The van der Waals surface area contributed by atoms with Crippen LogP contribution in [0.4, 0.5) is 9.52 Å². The van der Waals surface area contributed by atoms with Crippen molar-refractivity contribution in [3.8, 4) is 11.3 Å². The Balaban J connectivity index is 1.46. The third kappa shape index (κ3) is 4.28. The maximum atomic E-state index is 13.3. The molecule has 3 aromatic heterocycles. The lowest BCUT2D eigenvalue weighted by Crippen LogP contribution is -2.18. The molecular formula is C20H13ClFN3O3S. The van der Waals surface area contributed by atoms with Crippen LogP contribution < -0.4 is 10.9 Å². The molecule has 4 rings (SSSR count). The molecule has 4 aromatic rings. The highest BCUT2D eigenvalue weighted by Gasteiger charge is 2.15. The SMILES string of the molecule is O=C(Nc1nc(-c2ccc(F)c(Cl)c2)cs1)c1ccc(Cn2ccccc2=O)o1. The Kier molecular flexibility index (Phi) is 5.28. The fourth-order valence-electron chi connectivity index (χ4n) is 2.62. The van der Waals surface area contributed by atoms with Gasteiger partial charge in [0.15, 0.2) is 10.9 Å². The van der Waals surface area contributed by atoms with Crippen LogP contribution in [0.5, 0.6) is 0 Å². The number of hydrogen-bond acceptors (Lipinski definition) is 5. The van der Waals surface area contributed by atoms with E-state index in [9.17, 15) is 14.0 Å². The van der Waals surface area contributed by atoms with Gasteiger partial charge in [-0.05, 0) is 36.4 Å². The maximum Gasteiger partial charge on any atom is 0.293 e. The predicted octanol–water partition coefficient (Wildman–Crippen LogP) is 4.66. The first-order chi connectivity index (χ1) is 14.0. The van der Waals surface area contributed by atoms with Gasteiger partial charge in [0.1, 0.15) is 11.6 Å².